The Bertz CT molecular complexity index is 848. The van der Waals surface area contributed by atoms with Crippen molar-refractivity contribution in [2.45, 2.75) is 25.9 Å². The first kappa shape index (κ1) is 15.8. The van der Waals surface area contributed by atoms with Crippen LogP contribution < -0.4 is 5.56 Å². The Hall–Kier alpha value is -2.74. The fourth-order valence-corrected chi connectivity index (χ4v) is 3.19. The van der Waals surface area contributed by atoms with E-state index in [1.165, 1.54) is 0 Å². The van der Waals surface area contributed by atoms with Crippen molar-refractivity contribution in [1.29, 1.82) is 0 Å². The molecule has 0 radical (unpaired) electrons. The molecule has 25 heavy (non-hydrogen) atoms. The van der Waals surface area contributed by atoms with E-state index in [0.717, 1.165) is 38.4 Å². The normalized spacial score (nSPS) is 16.3. The van der Waals surface area contributed by atoms with E-state index in [1.807, 2.05) is 12.3 Å². The number of nitrogens with zero attached hydrogens (tertiary/aromatic N) is 6. The average molecular weight is 340 g/mol. The van der Waals surface area contributed by atoms with E-state index in [-0.39, 0.29) is 5.56 Å². The molecule has 0 aromatic carbocycles. The first-order valence-corrected chi connectivity index (χ1v) is 8.47. The molecular formula is C17H20N6O2. The number of piperidine rings is 1. The van der Waals surface area contributed by atoms with Crippen molar-refractivity contribution >= 4 is 0 Å². The quantitative estimate of drug-likeness (QED) is 0.697. The largest absolute Gasteiger partial charge is 0.448 e. The third-order valence-corrected chi connectivity index (χ3v) is 4.57. The predicted octanol–water partition coefficient (Wildman–Crippen LogP) is 1.33. The molecule has 0 spiro atoms. The molecule has 130 valence electrons. The number of aromatic nitrogens is 5. The van der Waals surface area contributed by atoms with Crippen molar-refractivity contribution in [3.8, 4) is 5.82 Å². The number of hydrogen-bond acceptors (Lipinski definition) is 6. The van der Waals surface area contributed by atoms with Crippen LogP contribution in [-0.4, -0.2) is 42.5 Å². The third kappa shape index (κ3) is 3.69. The van der Waals surface area contributed by atoms with Crippen molar-refractivity contribution in [3.63, 3.8) is 0 Å². The summed E-state index contributed by atoms with van der Waals surface area (Å²) in [7, 11) is 0. The lowest BCUT2D eigenvalue weighted by atomic mass is 9.97. The highest BCUT2D eigenvalue weighted by Crippen LogP contribution is 2.19. The van der Waals surface area contributed by atoms with Gasteiger partial charge in [0.25, 0.3) is 5.56 Å². The maximum absolute atomic E-state index is 12.1. The van der Waals surface area contributed by atoms with Gasteiger partial charge < -0.3 is 4.42 Å². The molecule has 8 nitrogen and oxygen atoms in total. The van der Waals surface area contributed by atoms with E-state index >= 15 is 0 Å². The second-order valence-electron chi connectivity index (χ2n) is 6.31. The minimum atomic E-state index is -0.0712. The molecule has 0 saturated carbocycles. The van der Waals surface area contributed by atoms with Crippen LogP contribution in [0.3, 0.4) is 0 Å². The summed E-state index contributed by atoms with van der Waals surface area (Å²) in [5.41, 5.74) is -0.0712. The van der Waals surface area contributed by atoms with E-state index < -0.39 is 0 Å². The average Bonchev–Trinajstić information content (AvgIpc) is 3.32. The van der Waals surface area contributed by atoms with Gasteiger partial charge >= 0.3 is 0 Å². The Balaban J connectivity index is 1.38. The molecular weight excluding hydrogens is 320 g/mol. The van der Waals surface area contributed by atoms with Gasteiger partial charge in [-0.25, -0.2) is 14.3 Å². The summed E-state index contributed by atoms with van der Waals surface area (Å²) in [6, 6.07) is 5.09. The minimum Gasteiger partial charge on any atom is -0.448 e. The maximum Gasteiger partial charge on any atom is 0.266 e. The molecule has 4 heterocycles. The van der Waals surface area contributed by atoms with Crippen LogP contribution in [0.5, 0.6) is 0 Å². The molecule has 0 N–H and O–H groups in total. The molecule has 3 aromatic rings. The van der Waals surface area contributed by atoms with Crippen LogP contribution in [0.1, 0.15) is 18.7 Å². The second-order valence-corrected chi connectivity index (χ2v) is 6.31. The summed E-state index contributed by atoms with van der Waals surface area (Å²) < 4.78 is 8.53. The molecule has 0 atom stereocenters. The number of hydrogen-bond donors (Lipinski definition) is 0. The van der Waals surface area contributed by atoms with Gasteiger partial charge in [-0.1, -0.05) is 0 Å². The standard InChI is InChI=1S/C17H20N6O2/c24-17-3-2-15(22-8-1-6-19-22)20-23(17)12-14-4-9-21(10-5-14)13-16-18-7-11-25-16/h1-3,6-8,11,14H,4-5,9-10,12-13H2. The predicted molar refractivity (Wildman–Crippen MR) is 90.1 cm³/mol. The van der Waals surface area contributed by atoms with Gasteiger partial charge in [-0.3, -0.25) is 9.69 Å². The maximum atomic E-state index is 12.1. The lowest BCUT2D eigenvalue weighted by Crippen LogP contribution is -2.36. The second kappa shape index (κ2) is 7.02. The topological polar surface area (TPSA) is 82.0 Å². The molecule has 4 rings (SSSR count). The molecule has 1 fully saturated rings. The third-order valence-electron chi connectivity index (χ3n) is 4.57. The van der Waals surface area contributed by atoms with Crippen LogP contribution in [0.4, 0.5) is 0 Å². The van der Waals surface area contributed by atoms with Crippen molar-refractivity contribution in [1.82, 2.24) is 29.4 Å². The highest BCUT2D eigenvalue weighted by atomic mass is 16.3. The van der Waals surface area contributed by atoms with Crippen LogP contribution in [0.15, 0.2) is 52.3 Å². The highest BCUT2D eigenvalue weighted by Gasteiger charge is 2.21. The molecule has 1 aliphatic rings. The summed E-state index contributed by atoms with van der Waals surface area (Å²) in [6.07, 6.45) is 8.85. The summed E-state index contributed by atoms with van der Waals surface area (Å²) in [6.45, 7) is 3.33. The fourth-order valence-electron chi connectivity index (χ4n) is 3.19. The van der Waals surface area contributed by atoms with Crippen LogP contribution in [0.2, 0.25) is 0 Å². The number of likely N-dealkylation sites (tertiary alicyclic amines) is 1. The zero-order chi connectivity index (χ0) is 17.1. The molecule has 3 aromatic heterocycles. The molecule has 0 amide bonds. The highest BCUT2D eigenvalue weighted by molar-refractivity contribution is 5.17. The fraction of sp³-hybridized carbons (Fsp3) is 0.412. The van der Waals surface area contributed by atoms with Crippen molar-refractivity contribution in [3.05, 3.63) is 59.3 Å². The van der Waals surface area contributed by atoms with Crippen LogP contribution in [-0.2, 0) is 13.1 Å². The summed E-state index contributed by atoms with van der Waals surface area (Å²) in [5, 5.41) is 8.62. The lowest BCUT2D eigenvalue weighted by molar-refractivity contribution is 0.152. The first-order valence-electron chi connectivity index (χ1n) is 8.47. The van der Waals surface area contributed by atoms with Crippen molar-refractivity contribution in [2.24, 2.45) is 5.92 Å². The van der Waals surface area contributed by atoms with Gasteiger partial charge in [0.15, 0.2) is 5.82 Å². The first-order chi connectivity index (χ1) is 12.3. The zero-order valence-corrected chi connectivity index (χ0v) is 13.9. The van der Waals surface area contributed by atoms with E-state index in [1.54, 1.807) is 40.2 Å². The van der Waals surface area contributed by atoms with Gasteiger partial charge in [0.2, 0.25) is 5.89 Å². The Labute approximate surface area is 144 Å². The van der Waals surface area contributed by atoms with Crippen molar-refractivity contribution in [2.75, 3.05) is 13.1 Å². The molecule has 8 heteroatoms. The smallest absolute Gasteiger partial charge is 0.266 e. The zero-order valence-electron chi connectivity index (χ0n) is 13.9. The van der Waals surface area contributed by atoms with E-state index in [9.17, 15) is 4.79 Å². The Kier molecular flexibility index (Phi) is 4.43. The van der Waals surface area contributed by atoms with Gasteiger partial charge in [0.1, 0.15) is 6.26 Å². The Morgan fingerprint density at radius 1 is 1.20 bits per heavy atom. The molecule has 1 aliphatic heterocycles. The van der Waals surface area contributed by atoms with Crippen LogP contribution in [0.25, 0.3) is 5.82 Å². The van der Waals surface area contributed by atoms with Gasteiger partial charge in [0, 0.05) is 25.0 Å². The molecule has 0 unspecified atom stereocenters. The summed E-state index contributed by atoms with van der Waals surface area (Å²) >= 11 is 0. The Morgan fingerprint density at radius 2 is 2.08 bits per heavy atom. The summed E-state index contributed by atoms with van der Waals surface area (Å²) in [4.78, 5) is 18.6. The van der Waals surface area contributed by atoms with E-state index in [4.69, 9.17) is 4.42 Å². The van der Waals surface area contributed by atoms with Gasteiger partial charge in [-0.15, -0.1) is 5.10 Å². The van der Waals surface area contributed by atoms with Gasteiger partial charge in [-0.05, 0) is 44.0 Å². The van der Waals surface area contributed by atoms with E-state index in [2.05, 4.69) is 20.1 Å². The van der Waals surface area contributed by atoms with Crippen LogP contribution in [0, 0.1) is 5.92 Å². The molecule has 0 aliphatic carbocycles. The molecule has 1 saturated heterocycles. The Morgan fingerprint density at radius 3 is 2.80 bits per heavy atom. The SMILES string of the molecule is O=c1ccc(-n2cccn2)nn1CC1CCN(Cc2ncco2)CC1. The molecule has 0 bridgehead atoms. The lowest BCUT2D eigenvalue weighted by Gasteiger charge is -2.31. The monoisotopic (exact) mass is 340 g/mol. The summed E-state index contributed by atoms with van der Waals surface area (Å²) in [5.74, 6) is 1.85. The number of oxazole rings is 1. The van der Waals surface area contributed by atoms with Crippen LogP contribution >= 0.6 is 0 Å². The van der Waals surface area contributed by atoms with Gasteiger partial charge in [-0.2, -0.15) is 5.10 Å². The number of rotatable bonds is 5. The van der Waals surface area contributed by atoms with Crippen molar-refractivity contribution < 1.29 is 4.42 Å². The van der Waals surface area contributed by atoms with E-state index in [0.29, 0.717) is 18.3 Å². The minimum absolute atomic E-state index is 0.0712. The van der Waals surface area contributed by atoms with Gasteiger partial charge in [0.05, 0.1) is 12.7 Å².